The van der Waals surface area contributed by atoms with Crippen molar-refractivity contribution in [2.45, 2.75) is 33.0 Å². The molecular formula is C19H25F3N4O2S. The molecular weight excluding hydrogens is 405 g/mol. The van der Waals surface area contributed by atoms with Gasteiger partial charge in [-0.3, -0.25) is 0 Å². The summed E-state index contributed by atoms with van der Waals surface area (Å²) in [6.45, 7) is 5.88. The van der Waals surface area contributed by atoms with E-state index in [0.29, 0.717) is 55.1 Å². The van der Waals surface area contributed by atoms with Crippen molar-refractivity contribution < 1.29 is 22.6 Å². The molecule has 0 atom stereocenters. The second kappa shape index (κ2) is 10.9. The Morgan fingerprint density at radius 1 is 1.21 bits per heavy atom. The molecule has 1 aromatic heterocycles. The fraction of sp³-hybridized carbons (Fsp3) is 0.474. The van der Waals surface area contributed by atoms with Gasteiger partial charge >= 0.3 is 6.18 Å². The van der Waals surface area contributed by atoms with Crippen LogP contribution in [0.4, 0.5) is 13.2 Å². The van der Waals surface area contributed by atoms with Crippen LogP contribution >= 0.6 is 11.3 Å². The van der Waals surface area contributed by atoms with Crippen molar-refractivity contribution in [3.8, 4) is 11.5 Å². The van der Waals surface area contributed by atoms with Crippen molar-refractivity contribution in [2.24, 2.45) is 4.99 Å². The monoisotopic (exact) mass is 430 g/mol. The molecule has 1 heterocycles. The first-order valence-electron chi connectivity index (χ1n) is 9.20. The van der Waals surface area contributed by atoms with Gasteiger partial charge in [-0.2, -0.15) is 13.2 Å². The summed E-state index contributed by atoms with van der Waals surface area (Å²) in [6, 6.07) is 5.62. The van der Waals surface area contributed by atoms with Crippen LogP contribution in [-0.4, -0.2) is 37.7 Å². The number of halogens is 3. The van der Waals surface area contributed by atoms with Crippen LogP contribution in [0.2, 0.25) is 0 Å². The number of aliphatic imine (C=N–C) groups is 1. The number of hydrogen-bond acceptors (Lipinski definition) is 5. The van der Waals surface area contributed by atoms with E-state index in [1.165, 1.54) is 0 Å². The third-order valence-corrected chi connectivity index (χ3v) is 4.67. The van der Waals surface area contributed by atoms with Crippen LogP contribution in [0.5, 0.6) is 11.5 Å². The molecule has 2 N–H and O–H groups in total. The highest BCUT2D eigenvalue weighted by molar-refractivity contribution is 7.09. The van der Waals surface area contributed by atoms with Gasteiger partial charge < -0.3 is 20.1 Å². The number of thiazole rings is 1. The number of ether oxygens (including phenoxy) is 2. The van der Waals surface area contributed by atoms with Gasteiger partial charge in [0.25, 0.3) is 0 Å². The minimum Gasteiger partial charge on any atom is -0.493 e. The molecule has 10 heteroatoms. The van der Waals surface area contributed by atoms with E-state index in [-0.39, 0.29) is 0 Å². The standard InChI is InChI=1S/C19H25F3N4O2S/c1-4-23-18(24-9-8-17-26-16(12-29-17)19(20,21)22)25-11-13-6-7-14(28-5-2)15(10-13)27-3/h6-7,10,12H,4-5,8-9,11H2,1-3H3,(H2,23,24,25). The van der Waals surface area contributed by atoms with Crippen LogP contribution in [0.25, 0.3) is 0 Å². The molecule has 0 fully saturated rings. The van der Waals surface area contributed by atoms with Crippen molar-refractivity contribution in [1.82, 2.24) is 15.6 Å². The van der Waals surface area contributed by atoms with E-state index in [1.54, 1.807) is 7.11 Å². The molecule has 0 saturated carbocycles. The number of guanidine groups is 1. The van der Waals surface area contributed by atoms with Crippen LogP contribution in [0.1, 0.15) is 30.1 Å². The predicted molar refractivity (Wildman–Crippen MR) is 108 cm³/mol. The first kappa shape index (κ1) is 22.8. The van der Waals surface area contributed by atoms with Crippen molar-refractivity contribution in [1.29, 1.82) is 0 Å². The van der Waals surface area contributed by atoms with E-state index < -0.39 is 11.9 Å². The zero-order valence-corrected chi connectivity index (χ0v) is 17.4. The lowest BCUT2D eigenvalue weighted by atomic mass is 10.2. The minimum atomic E-state index is -4.41. The van der Waals surface area contributed by atoms with Crippen molar-refractivity contribution >= 4 is 17.3 Å². The number of rotatable bonds is 9. The second-order valence-corrected chi connectivity index (χ2v) is 6.86. The lowest BCUT2D eigenvalue weighted by molar-refractivity contribution is -0.140. The van der Waals surface area contributed by atoms with Crippen molar-refractivity contribution in [3.05, 3.63) is 39.8 Å². The third-order valence-electron chi connectivity index (χ3n) is 3.77. The highest BCUT2D eigenvalue weighted by atomic mass is 32.1. The number of aromatic nitrogens is 1. The van der Waals surface area contributed by atoms with Gasteiger partial charge in [0.15, 0.2) is 23.2 Å². The number of benzene rings is 1. The van der Waals surface area contributed by atoms with Gasteiger partial charge in [0.1, 0.15) is 0 Å². The molecule has 2 rings (SSSR count). The van der Waals surface area contributed by atoms with E-state index >= 15 is 0 Å². The zero-order chi connectivity index (χ0) is 21.3. The van der Waals surface area contributed by atoms with Crippen molar-refractivity contribution in [2.75, 3.05) is 26.8 Å². The fourth-order valence-corrected chi connectivity index (χ4v) is 3.25. The van der Waals surface area contributed by atoms with E-state index in [0.717, 1.165) is 22.3 Å². The molecule has 0 aliphatic heterocycles. The minimum absolute atomic E-state index is 0.377. The number of nitrogens with one attached hydrogen (secondary N) is 2. The number of hydrogen-bond donors (Lipinski definition) is 2. The Kier molecular flexibility index (Phi) is 8.56. The molecule has 0 bridgehead atoms. The van der Waals surface area contributed by atoms with E-state index in [9.17, 15) is 13.2 Å². The molecule has 1 aromatic carbocycles. The van der Waals surface area contributed by atoms with E-state index in [4.69, 9.17) is 9.47 Å². The molecule has 6 nitrogen and oxygen atoms in total. The summed E-state index contributed by atoms with van der Waals surface area (Å²) in [5, 5.41) is 7.69. The van der Waals surface area contributed by atoms with Crippen LogP contribution in [-0.2, 0) is 19.1 Å². The molecule has 2 aromatic rings. The molecule has 29 heavy (non-hydrogen) atoms. The SMILES string of the molecule is CCNC(=NCc1ccc(OCC)c(OC)c1)NCCc1nc(C(F)(F)F)cs1. The van der Waals surface area contributed by atoms with Crippen molar-refractivity contribution in [3.63, 3.8) is 0 Å². The summed E-state index contributed by atoms with van der Waals surface area (Å²) in [5.41, 5.74) is 0.0970. The Morgan fingerprint density at radius 2 is 2.00 bits per heavy atom. The Balaban J connectivity index is 1.95. The quantitative estimate of drug-likeness (QED) is 0.467. The topological polar surface area (TPSA) is 67.8 Å². The van der Waals surface area contributed by atoms with Gasteiger partial charge in [0, 0.05) is 24.9 Å². The summed E-state index contributed by atoms with van der Waals surface area (Å²) in [7, 11) is 1.58. The Morgan fingerprint density at radius 3 is 2.62 bits per heavy atom. The predicted octanol–water partition coefficient (Wildman–Crippen LogP) is 3.87. The average Bonchev–Trinajstić information content (AvgIpc) is 3.16. The van der Waals surface area contributed by atoms with Gasteiger partial charge in [-0.05, 0) is 31.5 Å². The lowest BCUT2D eigenvalue weighted by Crippen LogP contribution is -2.38. The van der Waals surface area contributed by atoms with E-state index in [2.05, 4.69) is 20.6 Å². The molecule has 0 amide bonds. The molecule has 0 unspecified atom stereocenters. The Hall–Kier alpha value is -2.49. The van der Waals surface area contributed by atoms with Gasteiger partial charge in [0.2, 0.25) is 0 Å². The maximum atomic E-state index is 12.6. The van der Waals surface area contributed by atoms with Gasteiger partial charge in [-0.15, -0.1) is 11.3 Å². The fourth-order valence-electron chi connectivity index (χ4n) is 2.44. The summed E-state index contributed by atoms with van der Waals surface area (Å²) in [6.07, 6.45) is -4.03. The first-order valence-corrected chi connectivity index (χ1v) is 10.1. The van der Waals surface area contributed by atoms with E-state index in [1.807, 2.05) is 32.0 Å². The van der Waals surface area contributed by atoms with Gasteiger partial charge in [-0.1, -0.05) is 6.07 Å². The molecule has 0 saturated heterocycles. The zero-order valence-electron chi connectivity index (χ0n) is 16.6. The summed E-state index contributed by atoms with van der Waals surface area (Å²) in [5.74, 6) is 1.89. The third kappa shape index (κ3) is 7.12. The van der Waals surface area contributed by atoms with Crippen LogP contribution in [0.15, 0.2) is 28.6 Å². The maximum absolute atomic E-state index is 12.6. The van der Waals surface area contributed by atoms with Gasteiger partial charge in [-0.25, -0.2) is 9.98 Å². The molecule has 160 valence electrons. The summed E-state index contributed by atoms with van der Waals surface area (Å²) >= 11 is 1.00. The van der Waals surface area contributed by atoms with Crippen LogP contribution in [0, 0.1) is 0 Å². The highest BCUT2D eigenvalue weighted by Crippen LogP contribution is 2.30. The summed E-state index contributed by atoms with van der Waals surface area (Å²) < 4.78 is 48.7. The maximum Gasteiger partial charge on any atom is 0.434 e. The molecule has 0 aliphatic rings. The Labute approximate surface area is 172 Å². The number of alkyl halides is 3. The molecule has 0 aliphatic carbocycles. The normalized spacial score (nSPS) is 12.0. The second-order valence-electron chi connectivity index (χ2n) is 5.91. The lowest BCUT2D eigenvalue weighted by Gasteiger charge is -2.12. The molecule has 0 radical (unpaired) electrons. The average molecular weight is 430 g/mol. The largest absolute Gasteiger partial charge is 0.493 e. The van der Waals surface area contributed by atoms with Crippen LogP contribution < -0.4 is 20.1 Å². The number of nitrogens with zero attached hydrogens (tertiary/aromatic N) is 2. The van der Waals surface area contributed by atoms with Crippen LogP contribution in [0.3, 0.4) is 0 Å². The molecule has 0 spiro atoms. The highest BCUT2D eigenvalue weighted by Gasteiger charge is 2.33. The Bertz CT molecular complexity index is 809. The van der Waals surface area contributed by atoms with Gasteiger partial charge in [0.05, 0.1) is 25.3 Å². The summed E-state index contributed by atoms with van der Waals surface area (Å²) in [4.78, 5) is 8.14. The smallest absolute Gasteiger partial charge is 0.434 e. The first-order chi connectivity index (χ1) is 13.9. The number of methoxy groups -OCH3 is 1.